The van der Waals surface area contributed by atoms with E-state index in [0.29, 0.717) is 0 Å². The van der Waals surface area contributed by atoms with E-state index in [1.807, 2.05) is 0 Å². The molecular formula is C16H15F6O3PS. The smallest absolute Gasteiger partial charge is 0.281 e. The molecule has 2 rings (SSSR count). The van der Waals surface area contributed by atoms with Gasteiger partial charge in [0.15, 0.2) is 0 Å². The monoisotopic (exact) mass is 432 g/mol. The lowest BCUT2D eigenvalue weighted by molar-refractivity contribution is -0.273. The Hall–Kier alpha value is -1.64. The first-order valence-electron chi connectivity index (χ1n) is 7.18. The fourth-order valence-electron chi connectivity index (χ4n) is 1.63. The van der Waals surface area contributed by atoms with Gasteiger partial charge in [-0.05, 0) is 10.6 Å². The van der Waals surface area contributed by atoms with Crippen LogP contribution in [0.25, 0.3) is 0 Å². The summed E-state index contributed by atoms with van der Waals surface area (Å²) in [6.07, 6.45) is 0. The maximum atomic E-state index is 12.2. The summed E-state index contributed by atoms with van der Waals surface area (Å²) in [7, 11) is -5.83. The first-order chi connectivity index (χ1) is 12.2. The topological polar surface area (TPSA) is 54.4 Å². The highest BCUT2D eigenvalue weighted by molar-refractivity contribution is 7.87. The van der Waals surface area contributed by atoms with Crippen molar-refractivity contribution in [2.45, 2.75) is 24.0 Å². The van der Waals surface area contributed by atoms with E-state index in [0.717, 1.165) is 8.58 Å². The SMILES string of the molecule is CC(F)(F)C(F)(F)C(F)(F)S(=O)(=O)O.c1ccc(Pc2ccccc2)cc1. The van der Waals surface area contributed by atoms with E-state index in [2.05, 4.69) is 60.7 Å². The van der Waals surface area contributed by atoms with Gasteiger partial charge in [0.1, 0.15) is 0 Å². The maximum absolute atomic E-state index is 12.2. The third kappa shape index (κ3) is 5.92. The van der Waals surface area contributed by atoms with Crippen molar-refractivity contribution in [3.05, 3.63) is 60.7 Å². The minimum absolute atomic E-state index is 0.591. The summed E-state index contributed by atoms with van der Waals surface area (Å²) in [6, 6.07) is 21.2. The molecule has 27 heavy (non-hydrogen) atoms. The molecule has 0 aliphatic carbocycles. The second kappa shape index (κ2) is 8.58. The number of rotatable bonds is 5. The van der Waals surface area contributed by atoms with Crippen LogP contribution >= 0.6 is 8.58 Å². The van der Waals surface area contributed by atoms with E-state index in [4.69, 9.17) is 4.55 Å². The number of halogens is 6. The second-order valence-electron chi connectivity index (χ2n) is 5.31. The van der Waals surface area contributed by atoms with Crippen LogP contribution in [0.15, 0.2) is 60.7 Å². The predicted octanol–water partition coefficient (Wildman–Crippen LogP) is 4.07. The Labute approximate surface area is 153 Å². The van der Waals surface area contributed by atoms with Gasteiger partial charge in [-0.15, -0.1) is 0 Å². The quantitative estimate of drug-likeness (QED) is 0.440. The molecule has 0 aliphatic heterocycles. The first kappa shape index (κ1) is 23.4. The molecule has 150 valence electrons. The van der Waals surface area contributed by atoms with Crippen molar-refractivity contribution in [2.24, 2.45) is 0 Å². The van der Waals surface area contributed by atoms with Gasteiger partial charge in [0.05, 0.1) is 0 Å². The van der Waals surface area contributed by atoms with E-state index in [1.54, 1.807) is 0 Å². The zero-order valence-corrected chi connectivity index (χ0v) is 15.5. The fourth-order valence-corrected chi connectivity index (χ4v) is 3.18. The molecule has 0 unspecified atom stereocenters. The highest BCUT2D eigenvalue weighted by atomic mass is 32.2. The van der Waals surface area contributed by atoms with E-state index in [9.17, 15) is 34.8 Å². The summed E-state index contributed by atoms with van der Waals surface area (Å²) in [5.74, 6) is -11.5. The molecule has 11 heteroatoms. The van der Waals surface area contributed by atoms with E-state index >= 15 is 0 Å². The Balaban J connectivity index is 0.000000270. The minimum atomic E-state index is -6.61. The molecule has 0 saturated heterocycles. The average molecular weight is 432 g/mol. The Morgan fingerprint density at radius 3 is 1.33 bits per heavy atom. The summed E-state index contributed by atoms with van der Waals surface area (Å²) in [4.78, 5) is 0. The largest absolute Gasteiger partial charge is 0.437 e. The van der Waals surface area contributed by atoms with Crippen LogP contribution in [0.5, 0.6) is 0 Å². The van der Waals surface area contributed by atoms with Gasteiger partial charge < -0.3 is 0 Å². The molecule has 0 bridgehead atoms. The van der Waals surface area contributed by atoms with Crippen molar-refractivity contribution in [3.63, 3.8) is 0 Å². The molecule has 2 aromatic rings. The van der Waals surface area contributed by atoms with Crippen molar-refractivity contribution >= 4 is 29.3 Å². The van der Waals surface area contributed by atoms with Crippen LogP contribution in [-0.2, 0) is 10.1 Å². The first-order valence-corrected chi connectivity index (χ1v) is 9.62. The lowest BCUT2D eigenvalue weighted by Gasteiger charge is -2.28. The van der Waals surface area contributed by atoms with Crippen molar-refractivity contribution in [3.8, 4) is 0 Å². The number of benzene rings is 2. The van der Waals surface area contributed by atoms with Crippen LogP contribution in [0, 0.1) is 0 Å². The fraction of sp³-hybridized carbons (Fsp3) is 0.250. The van der Waals surface area contributed by atoms with Gasteiger partial charge in [0, 0.05) is 6.92 Å². The van der Waals surface area contributed by atoms with Gasteiger partial charge in [-0.25, -0.2) is 0 Å². The highest BCUT2D eigenvalue weighted by Gasteiger charge is 2.75. The van der Waals surface area contributed by atoms with Gasteiger partial charge in [-0.3, -0.25) is 4.55 Å². The normalized spacial score (nSPS) is 12.9. The molecule has 0 amide bonds. The Kier molecular flexibility index (Phi) is 7.44. The van der Waals surface area contributed by atoms with Crippen molar-refractivity contribution in [2.75, 3.05) is 0 Å². The average Bonchev–Trinajstić information content (AvgIpc) is 2.55. The standard InChI is InChI=1S/C12H11P.C4H4F6O3S/c1-3-7-11(8-4-1)13-12-9-5-2-6-10-12;1-2(5,6)3(7,8)4(9,10)14(11,12)13/h1-10,13H;1H3,(H,11,12,13). The third-order valence-corrected chi connectivity index (χ3v) is 5.23. The van der Waals surface area contributed by atoms with E-state index in [-0.39, 0.29) is 0 Å². The number of alkyl halides is 6. The molecule has 1 N–H and O–H groups in total. The molecular weight excluding hydrogens is 417 g/mol. The Morgan fingerprint density at radius 1 is 0.778 bits per heavy atom. The molecule has 2 aromatic carbocycles. The summed E-state index contributed by atoms with van der Waals surface area (Å²) < 4.78 is 99.6. The van der Waals surface area contributed by atoms with Gasteiger partial charge in [-0.1, -0.05) is 69.2 Å². The Morgan fingerprint density at radius 2 is 1.11 bits per heavy atom. The third-order valence-electron chi connectivity index (χ3n) is 3.08. The summed E-state index contributed by atoms with van der Waals surface area (Å²) in [5, 5.41) is -3.44. The van der Waals surface area contributed by atoms with E-state index < -0.39 is 34.1 Å². The number of hydrogen-bond donors (Lipinski definition) is 1. The molecule has 0 radical (unpaired) electrons. The molecule has 0 saturated carbocycles. The molecule has 0 aromatic heterocycles. The van der Waals surface area contributed by atoms with Crippen LogP contribution < -0.4 is 10.6 Å². The lowest BCUT2D eigenvalue weighted by Crippen LogP contribution is -2.56. The maximum Gasteiger partial charge on any atom is 0.437 e. The predicted molar refractivity (Wildman–Crippen MR) is 92.5 cm³/mol. The zero-order valence-electron chi connectivity index (χ0n) is 13.7. The minimum Gasteiger partial charge on any atom is -0.281 e. The molecule has 0 spiro atoms. The van der Waals surface area contributed by atoms with Gasteiger partial charge >= 0.3 is 27.2 Å². The van der Waals surface area contributed by atoms with Crippen molar-refractivity contribution < 1.29 is 39.3 Å². The highest BCUT2D eigenvalue weighted by Crippen LogP contribution is 2.47. The Bertz CT molecular complexity index is 787. The van der Waals surface area contributed by atoms with Crippen LogP contribution in [0.4, 0.5) is 26.3 Å². The number of hydrogen-bond acceptors (Lipinski definition) is 2. The van der Waals surface area contributed by atoms with Crippen molar-refractivity contribution in [1.82, 2.24) is 0 Å². The lowest BCUT2D eigenvalue weighted by atomic mass is 10.2. The molecule has 0 atom stereocenters. The second-order valence-corrected chi connectivity index (χ2v) is 8.18. The van der Waals surface area contributed by atoms with Gasteiger partial charge in [0.25, 0.3) is 0 Å². The van der Waals surface area contributed by atoms with Gasteiger partial charge in [-0.2, -0.15) is 34.8 Å². The zero-order chi connectivity index (χ0) is 20.9. The molecule has 0 aliphatic rings. The van der Waals surface area contributed by atoms with E-state index in [1.165, 1.54) is 10.6 Å². The molecule has 0 heterocycles. The van der Waals surface area contributed by atoms with Crippen LogP contribution in [0.3, 0.4) is 0 Å². The van der Waals surface area contributed by atoms with Crippen LogP contribution in [0.1, 0.15) is 6.92 Å². The summed E-state index contributed by atoms with van der Waals surface area (Å²) in [5.41, 5.74) is 0. The van der Waals surface area contributed by atoms with Crippen LogP contribution in [0.2, 0.25) is 0 Å². The molecule has 0 fully saturated rings. The van der Waals surface area contributed by atoms with Crippen LogP contribution in [-0.4, -0.2) is 30.1 Å². The van der Waals surface area contributed by atoms with Gasteiger partial charge in [0.2, 0.25) is 0 Å². The van der Waals surface area contributed by atoms with Crippen molar-refractivity contribution in [1.29, 1.82) is 0 Å². The summed E-state index contributed by atoms with van der Waals surface area (Å²) in [6.45, 7) is -0.591. The molecule has 3 nitrogen and oxygen atoms in total. The summed E-state index contributed by atoms with van der Waals surface area (Å²) >= 11 is 0.